The highest BCUT2D eigenvalue weighted by atomic mass is 32.2. The summed E-state index contributed by atoms with van der Waals surface area (Å²) in [6, 6.07) is 3.90. The average Bonchev–Trinajstić information content (AvgIpc) is 3.15. The van der Waals surface area contributed by atoms with Crippen LogP contribution in [-0.4, -0.2) is 38.6 Å². The normalized spacial score (nSPS) is 26.0. The van der Waals surface area contributed by atoms with Gasteiger partial charge in [0.25, 0.3) is 5.69 Å². The molecular weight excluding hydrogens is 370 g/mol. The Morgan fingerprint density at radius 2 is 1.96 bits per heavy atom. The molecule has 0 radical (unpaired) electrons. The lowest BCUT2D eigenvalue weighted by molar-refractivity contribution is -0.384. The van der Waals surface area contributed by atoms with Crippen molar-refractivity contribution in [2.24, 2.45) is 5.92 Å². The van der Waals surface area contributed by atoms with E-state index in [2.05, 4.69) is 17.0 Å². The Kier molecular flexibility index (Phi) is 6.33. The Morgan fingerprint density at radius 1 is 1.22 bits per heavy atom. The number of nitro groups is 1. The van der Waals surface area contributed by atoms with Gasteiger partial charge < -0.3 is 10.1 Å². The molecule has 1 saturated carbocycles. The second-order valence-corrected chi connectivity index (χ2v) is 9.24. The molecule has 0 amide bonds. The van der Waals surface area contributed by atoms with Gasteiger partial charge in [0.2, 0.25) is 10.0 Å². The molecule has 1 atom stereocenters. The maximum Gasteiger partial charge on any atom is 0.293 e. The first-order valence-electron chi connectivity index (χ1n) is 9.51. The molecule has 1 aliphatic carbocycles. The van der Waals surface area contributed by atoms with Crippen LogP contribution < -0.4 is 10.0 Å². The van der Waals surface area contributed by atoms with Gasteiger partial charge in [-0.25, -0.2) is 13.1 Å². The van der Waals surface area contributed by atoms with Gasteiger partial charge in [-0.3, -0.25) is 10.1 Å². The van der Waals surface area contributed by atoms with Crippen molar-refractivity contribution in [1.29, 1.82) is 0 Å². The fourth-order valence-electron chi connectivity index (χ4n) is 3.67. The number of sulfonamides is 1. The minimum Gasteiger partial charge on any atom is -0.377 e. The number of nitrogens with one attached hydrogen (secondary N) is 2. The number of benzene rings is 1. The molecule has 0 bridgehead atoms. The van der Waals surface area contributed by atoms with E-state index >= 15 is 0 Å². The summed E-state index contributed by atoms with van der Waals surface area (Å²) in [4.78, 5) is 10.8. The first-order valence-corrected chi connectivity index (χ1v) is 11.0. The van der Waals surface area contributed by atoms with Crippen LogP contribution in [0.2, 0.25) is 0 Å². The average molecular weight is 397 g/mol. The lowest BCUT2D eigenvalue weighted by Gasteiger charge is -2.26. The molecular formula is C18H27N3O5S. The molecule has 1 aromatic carbocycles. The molecule has 3 rings (SSSR count). The molecule has 1 heterocycles. The summed E-state index contributed by atoms with van der Waals surface area (Å²) in [6.45, 7) is 3.33. The van der Waals surface area contributed by atoms with Gasteiger partial charge in [0.15, 0.2) is 0 Å². The number of rotatable bonds is 7. The Balaban J connectivity index is 1.72. The van der Waals surface area contributed by atoms with Crippen molar-refractivity contribution < 1.29 is 18.1 Å². The van der Waals surface area contributed by atoms with Gasteiger partial charge >= 0.3 is 0 Å². The Hall–Kier alpha value is -1.71. The Morgan fingerprint density at radius 3 is 2.59 bits per heavy atom. The van der Waals surface area contributed by atoms with Crippen molar-refractivity contribution in [3.8, 4) is 0 Å². The number of hydrogen-bond acceptors (Lipinski definition) is 6. The quantitative estimate of drug-likeness (QED) is 0.540. The van der Waals surface area contributed by atoms with Crippen LogP contribution in [0, 0.1) is 16.0 Å². The SMILES string of the molecule is CC1CCC(NS(=O)(=O)c2ccc(NC[C@@H]3CCCO3)c([N+](=O)[O-])c2)CC1. The Labute approximate surface area is 159 Å². The molecule has 8 nitrogen and oxygen atoms in total. The summed E-state index contributed by atoms with van der Waals surface area (Å²) in [7, 11) is -3.79. The smallest absolute Gasteiger partial charge is 0.293 e. The summed E-state index contributed by atoms with van der Waals surface area (Å²) in [6.07, 6.45) is 5.49. The maximum atomic E-state index is 12.7. The highest BCUT2D eigenvalue weighted by Gasteiger charge is 2.27. The lowest BCUT2D eigenvalue weighted by atomic mass is 9.88. The van der Waals surface area contributed by atoms with Crippen molar-refractivity contribution in [2.75, 3.05) is 18.5 Å². The van der Waals surface area contributed by atoms with Crippen molar-refractivity contribution >= 4 is 21.4 Å². The molecule has 2 aliphatic rings. The topological polar surface area (TPSA) is 111 Å². The first-order chi connectivity index (χ1) is 12.8. The van der Waals surface area contributed by atoms with E-state index in [1.807, 2.05) is 0 Å². The maximum absolute atomic E-state index is 12.7. The summed E-state index contributed by atoms with van der Waals surface area (Å²) in [5, 5.41) is 14.5. The van der Waals surface area contributed by atoms with Gasteiger partial charge in [-0.2, -0.15) is 0 Å². The van der Waals surface area contributed by atoms with Crippen LogP contribution in [0.25, 0.3) is 0 Å². The monoisotopic (exact) mass is 397 g/mol. The van der Waals surface area contributed by atoms with Crippen molar-refractivity contribution in [1.82, 2.24) is 4.72 Å². The van der Waals surface area contributed by atoms with Crippen LogP contribution >= 0.6 is 0 Å². The predicted octanol–water partition coefficient (Wildman–Crippen LogP) is 3.04. The van der Waals surface area contributed by atoms with E-state index < -0.39 is 14.9 Å². The van der Waals surface area contributed by atoms with Crippen LogP contribution in [0.1, 0.15) is 45.4 Å². The van der Waals surface area contributed by atoms with Crippen molar-refractivity contribution in [3.05, 3.63) is 28.3 Å². The molecule has 0 aromatic heterocycles. The third kappa shape index (κ3) is 5.18. The third-order valence-electron chi connectivity index (χ3n) is 5.36. The van der Waals surface area contributed by atoms with E-state index in [1.54, 1.807) is 0 Å². The summed E-state index contributed by atoms with van der Waals surface area (Å²) < 4.78 is 33.5. The van der Waals surface area contributed by atoms with Crippen molar-refractivity contribution in [2.45, 2.75) is 62.5 Å². The molecule has 1 aromatic rings. The second-order valence-electron chi connectivity index (χ2n) is 7.53. The van der Waals surface area contributed by atoms with Gasteiger partial charge in [0.1, 0.15) is 5.69 Å². The van der Waals surface area contributed by atoms with E-state index in [-0.39, 0.29) is 22.7 Å². The first kappa shape index (κ1) is 20.0. The number of anilines is 1. The van der Waals surface area contributed by atoms with E-state index in [1.165, 1.54) is 12.1 Å². The third-order valence-corrected chi connectivity index (χ3v) is 6.88. The standard InChI is InChI=1S/C18H27N3O5S/c1-13-4-6-14(7-5-13)20-27(24,25)16-8-9-17(18(11-16)21(22)23)19-12-15-3-2-10-26-15/h8-9,11,13-15,19-20H,2-7,10,12H2,1H3/t13?,14?,15-/m0/s1. The van der Waals surface area contributed by atoms with Crippen LogP contribution in [0.5, 0.6) is 0 Å². The predicted molar refractivity (Wildman–Crippen MR) is 102 cm³/mol. The second kappa shape index (κ2) is 8.53. The lowest BCUT2D eigenvalue weighted by Crippen LogP contribution is -2.37. The number of ether oxygens (including phenoxy) is 1. The summed E-state index contributed by atoms with van der Waals surface area (Å²) in [5.41, 5.74) is 0.0640. The number of nitro benzene ring substituents is 1. The van der Waals surface area contributed by atoms with Gasteiger partial charge in [-0.05, 0) is 56.6 Å². The molecule has 2 N–H and O–H groups in total. The zero-order valence-electron chi connectivity index (χ0n) is 15.5. The van der Waals surface area contributed by atoms with Crippen LogP contribution in [0.3, 0.4) is 0 Å². The fourth-order valence-corrected chi connectivity index (χ4v) is 5.00. The van der Waals surface area contributed by atoms with Gasteiger partial charge in [0, 0.05) is 25.3 Å². The highest BCUT2D eigenvalue weighted by Crippen LogP contribution is 2.29. The largest absolute Gasteiger partial charge is 0.377 e. The van der Waals surface area contributed by atoms with E-state index in [0.717, 1.165) is 44.6 Å². The fraction of sp³-hybridized carbons (Fsp3) is 0.667. The molecule has 1 saturated heterocycles. The van der Waals surface area contributed by atoms with Gasteiger partial charge in [0.05, 0.1) is 15.9 Å². The summed E-state index contributed by atoms with van der Waals surface area (Å²) in [5.74, 6) is 0.612. The molecule has 0 spiro atoms. The highest BCUT2D eigenvalue weighted by molar-refractivity contribution is 7.89. The number of hydrogen-bond donors (Lipinski definition) is 2. The van der Waals surface area contributed by atoms with Crippen LogP contribution in [0.4, 0.5) is 11.4 Å². The molecule has 0 unspecified atom stereocenters. The Bertz CT molecular complexity index is 769. The van der Waals surface area contributed by atoms with Gasteiger partial charge in [-0.15, -0.1) is 0 Å². The van der Waals surface area contributed by atoms with Gasteiger partial charge in [-0.1, -0.05) is 6.92 Å². The van der Waals surface area contributed by atoms with E-state index in [9.17, 15) is 18.5 Å². The molecule has 1 aliphatic heterocycles. The molecule has 2 fully saturated rings. The minimum atomic E-state index is -3.79. The minimum absolute atomic E-state index is 0.0309. The molecule has 9 heteroatoms. The zero-order chi connectivity index (χ0) is 19.4. The van der Waals surface area contributed by atoms with E-state index in [0.29, 0.717) is 24.8 Å². The van der Waals surface area contributed by atoms with Crippen molar-refractivity contribution in [3.63, 3.8) is 0 Å². The van der Waals surface area contributed by atoms with E-state index in [4.69, 9.17) is 4.74 Å². The molecule has 150 valence electrons. The number of nitrogens with zero attached hydrogens (tertiary/aromatic N) is 1. The van der Waals surface area contributed by atoms with Crippen LogP contribution in [-0.2, 0) is 14.8 Å². The summed E-state index contributed by atoms with van der Waals surface area (Å²) >= 11 is 0. The molecule has 27 heavy (non-hydrogen) atoms. The van der Waals surface area contributed by atoms with Crippen LogP contribution in [0.15, 0.2) is 23.1 Å². The zero-order valence-corrected chi connectivity index (χ0v) is 16.3.